The van der Waals surface area contributed by atoms with Gasteiger partial charge in [0, 0.05) is 13.6 Å². The fourth-order valence-electron chi connectivity index (χ4n) is 4.59. The van der Waals surface area contributed by atoms with Crippen molar-refractivity contribution >= 4 is 5.91 Å². The van der Waals surface area contributed by atoms with Gasteiger partial charge in [0.15, 0.2) is 17.6 Å². The zero-order chi connectivity index (χ0) is 16.6. The molecule has 4 rings (SSSR count). The van der Waals surface area contributed by atoms with Crippen molar-refractivity contribution in [1.82, 2.24) is 10.2 Å². The van der Waals surface area contributed by atoms with Gasteiger partial charge in [0.1, 0.15) is 6.61 Å². The van der Waals surface area contributed by atoms with Crippen molar-refractivity contribution in [3.63, 3.8) is 0 Å². The summed E-state index contributed by atoms with van der Waals surface area (Å²) >= 11 is 0. The van der Waals surface area contributed by atoms with Gasteiger partial charge < -0.3 is 19.7 Å². The Morgan fingerprint density at radius 1 is 1.33 bits per heavy atom. The lowest BCUT2D eigenvalue weighted by Crippen LogP contribution is -2.51. The van der Waals surface area contributed by atoms with E-state index in [1.807, 2.05) is 36.2 Å². The molecule has 130 valence electrons. The summed E-state index contributed by atoms with van der Waals surface area (Å²) in [5.41, 5.74) is -0.194. The van der Waals surface area contributed by atoms with E-state index in [4.69, 9.17) is 9.47 Å². The van der Waals surface area contributed by atoms with Crippen molar-refractivity contribution in [3.05, 3.63) is 24.3 Å². The van der Waals surface area contributed by atoms with E-state index >= 15 is 0 Å². The Balaban J connectivity index is 1.43. The number of rotatable bonds is 3. The number of hydrogen-bond acceptors (Lipinski definition) is 4. The van der Waals surface area contributed by atoms with Gasteiger partial charge in [-0.25, -0.2) is 0 Å². The number of ether oxygens (including phenoxy) is 2. The number of carbonyl (C=O) groups is 1. The van der Waals surface area contributed by atoms with Crippen molar-refractivity contribution in [1.29, 1.82) is 0 Å². The lowest BCUT2D eigenvalue weighted by Gasteiger charge is -2.40. The van der Waals surface area contributed by atoms with Crippen LogP contribution in [0.25, 0.3) is 0 Å². The first-order valence-electron chi connectivity index (χ1n) is 9.04. The first-order valence-corrected chi connectivity index (χ1v) is 9.04. The van der Waals surface area contributed by atoms with Gasteiger partial charge >= 0.3 is 0 Å². The van der Waals surface area contributed by atoms with Crippen molar-refractivity contribution in [2.24, 2.45) is 11.3 Å². The predicted octanol–water partition coefficient (Wildman–Crippen LogP) is 2.06. The molecule has 1 aliphatic carbocycles. The first kappa shape index (κ1) is 15.8. The minimum atomic E-state index is -0.194. The van der Waals surface area contributed by atoms with Crippen LogP contribution in [0.2, 0.25) is 0 Å². The number of nitrogens with zero attached hydrogens (tertiary/aromatic N) is 1. The molecule has 1 saturated heterocycles. The zero-order valence-electron chi connectivity index (χ0n) is 14.3. The minimum Gasteiger partial charge on any atom is -0.486 e. The number of benzene rings is 1. The number of likely N-dealkylation sites (N-methyl/N-ethyl adjacent to an activating group) is 1. The van der Waals surface area contributed by atoms with E-state index in [9.17, 15) is 4.79 Å². The van der Waals surface area contributed by atoms with Crippen molar-refractivity contribution in [2.45, 2.75) is 31.8 Å². The Morgan fingerprint density at radius 3 is 3.04 bits per heavy atom. The average Bonchev–Trinajstić information content (AvgIpc) is 3.06. The highest BCUT2D eigenvalue weighted by atomic mass is 16.6. The standard InChI is InChI=1S/C19H26N2O3/c1-21(11-15-12-23-16-7-2-3-8-17(16)24-15)18(22)19-9-5-4-6-14(19)10-20-13-19/h2-3,7-8,14-15,20H,4-6,9-13H2,1H3/t14-,15?,19+/m0/s1. The van der Waals surface area contributed by atoms with Crippen LogP contribution in [0, 0.1) is 11.3 Å². The van der Waals surface area contributed by atoms with Gasteiger partial charge in [0.25, 0.3) is 0 Å². The summed E-state index contributed by atoms with van der Waals surface area (Å²) in [6, 6.07) is 7.71. The lowest BCUT2D eigenvalue weighted by molar-refractivity contribution is -0.145. The summed E-state index contributed by atoms with van der Waals surface area (Å²) in [5, 5.41) is 3.45. The first-order chi connectivity index (χ1) is 11.7. The van der Waals surface area contributed by atoms with E-state index in [0.29, 0.717) is 19.1 Å². The summed E-state index contributed by atoms with van der Waals surface area (Å²) in [6.07, 6.45) is 4.48. The molecule has 1 unspecified atom stereocenters. The summed E-state index contributed by atoms with van der Waals surface area (Å²) in [4.78, 5) is 15.1. The Kier molecular flexibility index (Phi) is 4.12. The molecule has 1 saturated carbocycles. The molecule has 0 radical (unpaired) electrons. The van der Waals surface area contributed by atoms with Gasteiger partial charge in [-0.2, -0.15) is 0 Å². The van der Waals surface area contributed by atoms with Crippen LogP contribution in [-0.4, -0.2) is 50.2 Å². The highest BCUT2D eigenvalue weighted by Crippen LogP contribution is 2.45. The molecular formula is C19H26N2O3. The predicted molar refractivity (Wildman–Crippen MR) is 91.3 cm³/mol. The molecule has 3 aliphatic rings. The molecule has 2 heterocycles. The molecule has 1 N–H and O–H groups in total. The Hall–Kier alpha value is -1.75. The molecule has 0 aromatic heterocycles. The molecule has 2 fully saturated rings. The van der Waals surface area contributed by atoms with E-state index in [-0.39, 0.29) is 17.4 Å². The minimum absolute atomic E-state index is 0.110. The Bertz CT molecular complexity index is 620. The Morgan fingerprint density at radius 2 is 2.17 bits per heavy atom. The molecule has 1 aromatic rings. The number of hydrogen-bond donors (Lipinski definition) is 1. The Labute approximate surface area is 143 Å². The van der Waals surface area contributed by atoms with Crippen molar-refractivity contribution in [3.8, 4) is 11.5 Å². The second kappa shape index (κ2) is 6.28. The van der Waals surface area contributed by atoms with Crippen molar-refractivity contribution in [2.75, 3.05) is 33.3 Å². The summed E-state index contributed by atoms with van der Waals surface area (Å²) in [5.74, 6) is 2.32. The normalized spacial score (nSPS) is 31.4. The van der Waals surface area contributed by atoms with Crippen molar-refractivity contribution < 1.29 is 14.3 Å². The molecular weight excluding hydrogens is 304 g/mol. The molecule has 3 atom stereocenters. The fraction of sp³-hybridized carbons (Fsp3) is 0.632. The van der Waals surface area contributed by atoms with E-state index in [2.05, 4.69) is 5.32 Å². The third kappa shape index (κ3) is 2.65. The maximum atomic E-state index is 13.2. The van der Waals surface area contributed by atoms with Crippen LogP contribution >= 0.6 is 0 Å². The summed E-state index contributed by atoms with van der Waals surface area (Å²) in [7, 11) is 1.91. The van der Waals surface area contributed by atoms with Gasteiger partial charge in [-0.05, 0) is 37.4 Å². The molecule has 5 nitrogen and oxygen atoms in total. The number of nitrogens with one attached hydrogen (secondary N) is 1. The van der Waals surface area contributed by atoms with Crippen LogP contribution in [0.1, 0.15) is 25.7 Å². The molecule has 24 heavy (non-hydrogen) atoms. The van der Waals surface area contributed by atoms with E-state index in [1.165, 1.54) is 12.8 Å². The van der Waals surface area contributed by atoms with Crippen LogP contribution < -0.4 is 14.8 Å². The number of amides is 1. The van der Waals surface area contributed by atoms with Crippen LogP contribution in [0.4, 0.5) is 0 Å². The maximum Gasteiger partial charge on any atom is 0.230 e. The van der Waals surface area contributed by atoms with Gasteiger partial charge in [-0.3, -0.25) is 4.79 Å². The topological polar surface area (TPSA) is 50.8 Å². The van der Waals surface area contributed by atoms with Crippen LogP contribution in [-0.2, 0) is 4.79 Å². The van der Waals surface area contributed by atoms with Gasteiger partial charge in [-0.1, -0.05) is 25.0 Å². The molecule has 2 aliphatic heterocycles. The fourth-order valence-corrected chi connectivity index (χ4v) is 4.59. The van der Waals surface area contributed by atoms with Crippen LogP contribution in [0.5, 0.6) is 11.5 Å². The highest BCUT2D eigenvalue weighted by molar-refractivity contribution is 5.83. The molecule has 1 aromatic carbocycles. The lowest BCUT2D eigenvalue weighted by atomic mass is 9.67. The SMILES string of the molecule is CN(CC1COc2ccccc2O1)C(=O)[C@@]12CCCC[C@H]1CNC2. The second-order valence-corrected chi connectivity index (χ2v) is 7.41. The van der Waals surface area contributed by atoms with Gasteiger partial charge in [0.05, 0.1) is 12.0 Å². The van der Waals surface area contributed by atoms with E-state index < -0.39 is 0 Å². The number of carbonyl (C=O) groups excluding carboxylic acids is 1. The van der Waals surface area contributed by atoms with Gasteiger partial charge in [0.2, 0.25) is 5.91 Å². The number of para-hydroxylation sites is 2. The molecule has 0 bridgehead atoms. The number of fused-ring (bicyclic) bond motifs is 2. The largest absolute Gasteiger partial charge is 0.486 e. The van der Waals surface area contributed by atoms with Crippen LogP contribution in [0.3, 0.4) is 0 Å². The quantitative estimate of drug-likeness (QED) is 0.922. The third-order valence-corrected chi connectivity index (χ3v) is 5.86. The zero-order valence-corrected chi connectivity index (χ0v) is 14.3. The summed E-state index contributed by atoms with van der Waals surface area (Å²) < 4.78 is 11.8. The maximum absolute atomic E-state index is 13.2. The van der Waals surface area contributed by atoms with E-state index in [0.717, 1.165) is 37.4 Å². The third-order valence-electron chi connectivity index (χ3n) is 5.86. The monoisotopic (exact) mass is 330 g/mol. The molecule has 5 heteroatoms. The second-order valence-electron chi connectivity index (χ2n) is 7.41. The van der Waals surface area contributed by atoms with Crippen LogP contribution in [0.15, 0.2) is 24.3 Å². The molecule has 1 amide bonds. The summed E-state index contributed by atoms with van der Waals surface area (Å²) in [6.45, 7) is 2.87. The smallest absolute Gasteiger partial charge is 0.230 e. The van der Waals surface area contributed by atoms with E-state index in [1.54, 1.807) is 0 Å². The average molecular weight is 330 g/mol. The highest BCUT2D eigenvalue weighted by Gasteiger charge is 2.51. The van der Waals surface area contributed by atoms with Gasteiger partial charge in [-0.15, -0.1) is 0 Å². The molecule has 0 spiro atoms.